The summed E-state index contributed by atoms with van der Waals surface area (Å²) in [4.78, 5) is 0. The van der Waals surface area contributed by atoms with Crippen molar-refractivity contribution in [2.45, 2.75) is 0 Å². The van der Waals surface area contributed by atoms with Crippen molar-refractivity contribution in [1.29, 1.82) is 0 Å². The summed E-state index contributed by atoms with van der Waals surface area (Å²) in [7, 11) is 4.88. The Kier molecular flexibility index (Phi) is 2.25. The molecule has 1 rings (SSSR count). The van der Waals surface area contributed by atoms with Gasteiger partial charge in [-0.05, 0) is 10.4 Å². The van der Waals surface area contributed by atoms with Crippen molar-refractivity contribution in [3.05, 3.63) is 6.33 Å². The summed E-state index contributed by atoms with van der Waals surface area (Å²) in [5.74, 6) is 0. The van der Waals surface area contributed by atoms with E-state index in [1.54, 1.807) is 10.8 Å². The molecule has 0 aliphatic carbocycles. The van der Waals surface area contributed by atoms with Crippen LogP contribution < -0.4 is 0 Å². The molecule has 0 saturated heterocycles. The van der Waals surface area contributed by atoms with Gasteiger partial charge in [0.1, 0.15) is 6.33 Å². The van der Waals surface area contributed by atoms with Gasteiger partial charge in [-0.3, -0.25) is 0 Å². The average molecular weight is 166 g/mol. The van der Waals surface area contributed by atoms with Crippen LogP contribution in [0.2, 0.25) is 0 Å². The molecule has 2 unspecified atom stereocenters. The molecule has 44 valence electrons. The van der Waals surface area contributed by atoms with Gasteiger partial charge in [-0.15, -0.1) is 5.10 Å². The van der Waals surface area contributed by atoms with Gasteiger partial charge in [0.05, 0.1) is 7.45 Å². The number of aromatic nitrogens is 4. The molecule has 8 heavy (non-hydrogen) atoms. The number of hydrogen-bond donors (Lipinski definition) is 0. The smallest absolute Gasteiger partial charge is 0.142 e. The van der Waals surface area contributed by atoms with E-state index in [0.29, 0.717) is 0 Å². The van der Waals surface area contributed by atoms with Gasteiger partial charge in [-0.25, -0.2) is 4.45 Å². The SMILES string of the molecule is PP(P)n1cnnn1. The summed E-state index contributed by atoms with van der Waals surface area (Å²) in [5, 5.41) is 10.6. The fourth-order valence-electron chi connectivity index (χ4n) is 0.262. The zero-order valence-corrected chi connectivity index (χ0v) is 7.17. The van der Waals surface area contributed by atoms with Crippen molar-refractivity contribution >= 4 is 25.3 Å². The van der Waals surface area contributed by atoms with E-state index in [0.717, 1.165) is 0 Å². The van der Waals surface area contributed by atoms with E-state index >= 15 is 0 Å². The second kappa shape index (κ2) is 2.77. The maximum absolute atomic E-state index is 3.66. The summed E-state index contributed by atoms with van der Waals surface area (Å²) in [5.41, 5.74) is 0. The van der Waals surface area contributed by atoms with Gasteiger partial charge in [0.2, 0.25) is 0 Å². The van der Waals surface area contributed by atoms with Crippen molar-refractivity contribution in [3.8, 4) is 0 Å². The third-order valence-electron chi connectivity index (χ3n) is 0.575. The van der Waals surface area contributed by atoms with Crippen LogP contribution in [0.3, 0.4) is 0 Å². The first-order valence-corrected chi connectivity index (χ1v) is 6.36. The van der Waals surface area contributed by atoms with E-state index in [9.17, 15) is 0 Å². The van der Waals surface area contributed by atoms with Crippen LogP contribution in [-0.4, -0.2) is 20.0 Å². The van der Waals surface area contributed by atoms with E-state index in [1.165, 1.54) is 0 Å². The molecular formula is CH5N4P3. The van der Waals surface area contributed by atoms with Crippen molar-refractivity contribution < 1.29 is 0 Å². The second-order valence-corrected chi connectivity index (χ2v) is 7.24. The Balaban J connectivity index is 2.77. The fourth-order valence-corrected chi connectivity index (χ4v) is 1.19. The Bertz CT molecular complexity index is 146. The van der Waals surface area contributed by atoms with Gasteiger partial charge in [0, 0.05) is 0 Å². The Labute approximate surface area is 52.4 Å². The fraction of sp³-hybridized carbons (Fsp3) is 0. The minimum atomic E-state index is -0.345. The third-order valence-corrected chi connectivity index (χ3v) is 2.65. The van der Waals surface area contributed by atoms with Crippen LogP contribution in [0.15, 0.2) is 6.33 Å². The summed E-state index contributed by atoms with van der Waals surface area (Å²) in [6, 6.07) is 0. The molecule has 2 atom stereocenters. The van der Waals surface area contributed by atoms with Crippen LogP contribution >= 0.6 is 25.3 Å². The topological polar surface area (TPSA) is 43.6 Å². The monoisotopic (exact) mass is 166 g/mol. The zero-order valence-electron chi connectivity index (χ0n) is 3.97. The highest BCUT2D eigenvalue weighted by Gasteiger charge is 1.94. The van der Waals surface area contributed by atoms with Crippen LogP contribution in [0.4, 0.5) is 0 Å². The maximum atomic E-state index is 3.66. The lowest BCUT2D eigenvalue weighted by Gasteiger charge is -1.98. The largest absolute Gasteiger partial charge is 0.205 e. The van der Waals surface area contributed by atoms with Crippen LogP contribution in [-0.2, 0) is 0 Å². The molecule has 0 fully saturated rings. The van der Waals surface area contributed by atoms with E-state index in [4.69, 9.17) is 0 Å². The number of tetrazole rings is 1. The number of rotatable bonds is 1. The van der Waals surface area contributed by atoms with E-state index in [2.05, 4.69) is 33.4 Å². The van der Waals surface area contributed by atoms with E-state index in [-0.39, 0.29) is 7.45 Å². The van der Waals surface area contributed by atoms with Crippen molar-refractivity contribution in [2.75, 3.05) is 0 Å². The van der Waals surface area contributed by atoms with E-state index in [1.807, 2.05) is 0 Å². The Morgan fingerprint density at radius 3 is 2.50 bits per heavy atom. The standard InChI is InChI=1S/CH5N4P3/c6-8(7)5-1-2-3-4-5/h1H,6-7H2. The van der Waals surface area contributed by atoms with Crippen LogP contribution in [0.1, 0.15) is 0 Å². The molecule has 0 N–H and O–H groups in total. The highest BCUT2D eigenvalue weighted by atomic mass is 32.4. The first-order chi connectivity index (χ1) is 3.80. The average Bonchev–Trinajstić information content (AvgIpc) is 2.12. The molecule has 1 heterocycles. The molecule has 1 aromatic rings. The summed E-state index contributed by atoms with van der Waals surface area (Å²) in [6.45, 7) is 0. The second-order valence-electron chi connectivity index (χ2n) is 1.11. The molecular weight excluding hydrogens is 161 g/mol. The van der Waals surface area contributed by atoms with Gasteiger partial charge >= 0.3 is 0 Å². The summed E-state index contributed by atoms with van der Waals surface area (Å²) < 4.78 is 1.69. The zero-order chi connectivity index (χ0) is 5.98. The van der Waals surface area contributed by atoms with Gasteiger partial charge in [-0.1, -0.05) is 17.9 Å². The molecule has 0 aromatic carbocycles. The number of nitrogens with zero attached hydrogens (tertiary/aromatic N) is 4. The highest BCUT2D eigenvalue weighted by molar-refractivity contribution is 8.42. The molecule has 0 aliphatic rings. The van der Waals surface area contributed by atoms with Crippen LogP contribution in [0.5, 0.6) is 0 Å². The molecule has 4 nitrogen and oxygen atoms in total. The first kappa shape index (κ1) is 6.48. The molecule has 0 bridgehead atoms. The van der Waals surface area contributed by atoms with Gasteiger partial charge in [0.15, 0.2) is 0 Å². The summed E-state index contributed by atoms with van der Waals surface area (Å²) >= 11 is 0. The van der Waals surface area contributed by atoms with Crippen molar-refractivity contribution in [1.82, 2.24) is 20.0 Å². The Hall–Kier alpha value is 0.360. The lowest BCUT2D eigenvalue weighted by atomic mass is 11.4. The molecule has 0 spiro atoms. The lowest BCUT2D eigenvalue weighted by Crippen LogP contribution is -1.82. The third kappa shape index (κ3) is 1.42. The predicted molar refractivity (Wildman–Crippen MR) is 39.6 cm³/mol. The van der Waals surface area contributed by atoms with Crippen LogP contribution in [0, 0.1) is 0 Å². The molecule has 0 saturated carbocycles. The van der Waals surface area contributed by atoms with Crippen molar-refractivity contribution in [3.63, 3.8) is 0 Å². The van der Waals surface area contributed by atoms with Gasteiger partial charge in [-0.2, -0.15) is 0 Å². The van der Waals surface area contributed by atoms with Crippen LogP contribution in [0.25, 0.3) is 0 Å². The molecule has 0 amide bonds. The quantitative estimate of drug-likeness (QED) is 0.570. The summed E-state index contributed by atoms with van der Waals surface area (Å²) in [6.07, 6.45) is 1.59. The lowest BCUT2D eigenvalue weighted by molar-refractivity contribution is 0.851. The molecule has 1 aromatic heterocycles. The van der Waals surface area contributed by atoms with Crippen molar-refractivity contribution in [2.24, 2.45) is 0 Å². The number of hydrogen-bond acceptors (Lipinski definition) is 3. The minimum Gasteiger partial charge on any atom is -0.205 e. The normalized spacial score (nSPS) is 10.4. The molecule has 0 radical (unpaired) electrons. The molecule has 0 aliphatic heterocycles. The van der Waals surface area contributed by atoms with Gasteiger partial charge < -0.3 is 0 Å². The predicted octanol–water partition coefficient (Wildman–Crippen LogP) is 0.498. The first-order valence-electron chi connectivity index (χ1n) is 1.83. The van der Waals surface area contributed by atoms with E-state index < -0.39 is 0 Å². The van der Waals surface area contributed by atoms with Gasteiger partial charge in [0.25, 0.3) is 0 Å². The maximum Gasteiger partial charge on any atom is 0.142 e. The molecule has 7 heteroatoms. The minimum absolute atomic E-state index is 0.345. The Morgan fingerprint density at radius 2 is 2.25 bits per heavy atom. The highest BCUT2D eigenvalue weighted by Crippen LogP contribution is 2.52. The Morgan fingerprint density at radius 1 is 1.50 bits per heavy atom.